The van der Waals surface area contributed by atoms with E-state index < -0.39 is 5.54 Å². The fraction of sp³-hybridized carbons (Fsp3) is 0.682. The number of likely N-dealkylation sites (N-methyl/N-ethyl adjacent to an activating group) is 1. The molecule has 3 rings (SSSR count). The van der Waals surface area contributed by atoms with Crippen molar-refractivity contribution in [1.82, 2.24) is 25.4 Å². The summed E-state index contributed by atoms with van der Waals surface area (Å²) in [6.45, 7) is 8.48. The van der Waals surface area contributed by atoms with Crippen LogP contribution in [0.15, 0.2) is 24.5 Å². The summed E-state index contributed by atoms with van der Waals surface area (Å²) in [7, 11) is 1.60. The lowest BCUT2D eigenvalue weighted by Gasteiger charge is -2.42. The van der Waals surface area contributed by atoms with Gasteiger partial charge in [-0.05, 0) is 70.8 Å². The van der Waals surface area contributed by atoms with Crippen LogP contribution in [0, 0.1) is 5.92 Å². The molecular formula is C22H35N5O2. The third-order valence-corrected chi connectivity index (χ3v) is 6.26. The Morgan fingerprint density at radius 3 is 2.62 bits per heavy atom. The van der Waals surface area contributed by atoms with E-state index in [1.807, 2.05) is 18.5 Å². The van der Waals surface area contributed by atoms with Gasteiger partial charge in [-0.2, -0.15) is 0 Å². The first-order chi connectivity index (χ1) is 13.9. The SMILES string of the molecule is CNC(=O)C(C)(C)NC(=O)C1CCCN(C2CCN(Cc3cccnc3)CC2)C1. The van der Waals surface area contributed by atoms with E-state index in [0.29, 0.717) is 6.04 Å². The van der Waals surface area contributed by atoms with Gasteiger partial charge in [0.2, 0.25) is 11.8 Å². The Morgan fingerprint density at radius 1 is 1.21 bits per heavy atom. The number of rotatable bonds is 6. The highest BCUT2D eigenvalue weighted by Gasteiger charge is 2.35. The number of nitrogens with one attached hydrogen (secondary N) is 2. The van der Waals surface area contributed by atoms with Crippen LogP contribution >= 0.6 is 0 Å². The van der Waals surface area contributed by atoms with Crippen molar-refractivity contribution in [2.24, 2.45) is 5.92 Å². The number of piperidine rings is 2. The first kappa shape index (κ1) is 21.7. The van der Waals surface area contributed by atoms with Crippen LogP contribution in [0.4, 0.5) is 0 Å². The molecule has 2 saturated heterocycles. The standard InChI is InChI=1S/C22H35N5O2/c1-22(2,21(29)23-3)25-20(28)18-7-5-11-27(16-18)19-8-12-26(13-9-19)15-17-6-4-10-24-14-17/h4,6,10,14,18-19H,5,7-9,11-13,15-16H2,1-3H3,(H,23,29)(H,25,28). The van der Waals surface area contributed by atoms with E-state index in [9.17, 15) is 9.59 Å². The first-order valence-electron chi connectivity index (χ1n) is 10.8. The molecule has 0 saturated carbocycles. The van der Waals surface area contributed by atoms with Crippen molar-refractivity contribution >= 4 is 11.8 Å². The average Bonchev–Trinajstić information content (AvgIpc) is 2.74. The molecule has 0 spiro atoms. The molecule has 0 aliphatic carbocycles. The Kier molecular flexibility index (Phi) is 7.24. The molecule has 1 unspecified atom stereocenters. The molecule has 7 nitrogen and oxygen atoms in total. The van der Waals surface area contributed by atoms with Crippen molar-refractivity contribution in [3.8, 4) is 0 Å². The molecule has 2 fully saturated rings. The fourth-order valence-corrected chi connectivity index (χ4v) is 4.52. The normalized spacial score (nSPS) is 22.2. The van der Waals surface area contributed by atoms with E-state index in [0.717, 1.165) is 58.4 Å². The first-order valence-corrected chi connectivity index (χ1v) is 10.8. The van der Waals surface area contributed by atoms with Crippen molar-refractivity contribution < 1.29 is 9.59 Å². The van der Waals surface area contributed by atoms with Crippen molar-refractivity contribution in [2.75, 3.05) is 33.2 Å². The number of aromatic nitrogens is 1. The second-order valence-electron chi connectivity index (χ2n) is 8.90. The summed E-state index contributed by atoms with van der Waals surface area (Å²) in [5, 5.41) is 5.57. The van der Waals surface area contributed by atoms with E-state index in [2.05, 4.69) is 31.5 Å². The van der Waals surface area contributed by atoms with Crippen LogP contribution in [0.1, 0.15) is 45.1 Å². The van der Waals surface area contributed by atoms with Crippen LogP contribution in [-0.2, 0) is 16.1 Å². The van der Waals surface area contributed by atoms with Gasteiger partial charge in [0.25, 0.3) is 0 Å². The van der Waals surface area contributed by atoms with Crippen molar-refractivity contribution in [3.05, 3.63) is 30.1 Å². The molecule has 0 aromatic carbocycles. The smallest absolute Gasteiger partial charge is 0.244 e. The zero-order valence-corrected chi connectivity index (χ0v) is 18.0. The summed E-state index contributed by atoms with van der Waals surface area (Å²) < 4.78 is 0. The lowest BCUT2D eigenvalue weighted by Crippen LogP contribution is -2.57. The quantitative estimate of drug-likeness (QED) is 0.753. The number of hydrogen-bond acceptors (Lipinski definition) is 5. The predicted octanol–water partition coefficient (Wildman–Crippen LogP) is 1.40. The largest absolute Gasteiger partial charge is 0.357 e. The predicted molar refractivity (Wildman–Crippen MR) is 113 cm³/mol. The van der Waals surface area contributed by atoms with Gasteiger partial charge < -0.3 is 10.6 Å². The van der Waals surface area contributed by atoms with Crippen molar-refractivity contribution in [1.29, 1.82) is 0 Å². The van der Waals surface area contributed by atoms with E-state index in [4.69, 9.17) is 0 Å². The number of carbonyl (C=O) groups excluding carboxylic acids is 2. The molecule has 1 aromatic heterocycles. The third kappa shape index (κ3) is 5.76. The molecule has 2 aliphatic heterocycles. The van der Waals surface area contributed by atoms with E-state index in [1.54, 1.807) is 20.9 Å². The van der Waals surface area contributed by atoms with E-state index >= 15 is 0 Å². The third-order valence-electron chi connectivity index (χ3n) is 6.26. The summed E-state index contributed by atoms with van der Waals surface area (Å²) in [6.07, 6.45) is 7.96. The molecule has 1 atom stereocenters. The number of carbonyl (C=O) groups is 2. The van der Waals surface area contributed by atoms with Crippen LogP contribution < -0.4 is 10.6 Å². The lowest BCUT2D eigenvalue weighted by atomic mass is 9.92. The van der Waals surface area contributed by atoms with Crippen LogP contribution in [0.25, 0.3) is 0 Å². The minimum Gasteiger partial charge on any atom is -0.357 e. The molecule has 1 aromatic rings. The Morgan fingerprint density at radius 2 is 1.97 bits per heavy atom. The van der Waals surface area contributed by atoms with Gasteiger partial charge in [0.1, 0.15) is 5.54 Å². The highest BCUT2D eigenvalue weighted by molar-refractivity contribution is 5.91. The van der Waals surface area contributed by atoms with Crippen LogP contribution in [0.3, 0.4) is 0 Å². The molecule has 3 heterocycles. The Labute approximate surface area is 174 Å². The molecule has 2 N–H and O–H groups in total. The Balaban J connectivity index is 1.48. The maximum absolute atomic E-state index is 12.8. The van der Waals surface area contributed by atoms with Gasteiger partial charge >= 0.3 is 0 Å². The molecule has 0 radical (unpaired) electrons. The molecule has 7 heteroatoms. The summed E-state index contributed by atoms with van der Waals surface area (Å²) in [5.41, 5.74) is 0.380. The number of nitrogens with zero attached hydrogens (tertiary/aromatic N) is 3. The minimum absolute atomic E-state index is 0.00249. The average molecular weight is 402 g/mol. The Bertz CT molecular complexity index is 686. The van der Waals surface area contributed by atoms with Crippen LogP contribution in [0.5, 0.6) is 0 Å². The van der Waals surface area contributed by atoms with Crippen molar-refractivity contribution in [3.63, 3.8) is 0 Å². The summed E-state index contributed by atoms with van der Waals surface area (Å²) >= 11 is 0. The maximum Gasteiger partial charge on any atom is 0.244 e. The Hall–Kier alpha value is -1.99. The molecule has 29 heavy (non-hydrogen) atoms. The van der Waals surface area contributed by atoms with Gasteiger partial charge in [0.05, 0.1) is 5.92 Å². The highest BCUT2D eigenvalue weighted by atomic mass is 16.2. The van der Waals surface area contributed by atoms with Crippen LogP contribution in [0.2, 0.25) is 0 Å². The molecule has 2 amide bonds. The highest BCUT2D eigenvalue weighted by Crippen LogP contribution is 2.25. The zero-order chi connectivity index (χ0) is 20.9. The number of pyridine rings is 1. The van der Waals surface area contributed by atoms with Gasteiger partial charge in [-0.15, -0.1) is 0 Å². The number of likely N-dealkylation sites (tertiary alicyclic amines) is 2. The van der Waals surface area contributed by atoms with Gasteiger partial charge in [-0.1, -0.05) is 6.07 Å². The molecule has 2 aliphatic rings. The van der Waals surface area contributed by atoms with E-state index in [1.165, 1.54) is 5.56 Å². The van der Waals surface area contributed by atoms with Gasteiger partial charge in [0, 0.05) is 38.6 Å². The molecular weight excluding hydrogens is 366 g/mol. The number of hydrogen-bond donors (Lipinski definition) is 2. The maximum atomic E-state index is 12.8. The summed E-state index contributed by atoms with van der Waals surface area (Å²) in [6, 6.07) is 4.67. The topological polar surface area (TPSA) is 77.6 Å². The molecule has 160 valence electrons. The van der Waals surface area contributed by atoms with E-state index in [-0.39, 0.29) is 17.7 Å². The zero-order valence-electron chi connectivity index (χ0n) is 18.0. The summed E-state index contributed by atoms with van der Waals surface area (Å²) in [5.74, 6) is -0.210. The van der Waals surface area contributed by atoms with Gasteiger partial charge in [0.15, 0.2) is 0 Å². The monoisotopic (exact) mass is 401 g/mol. The lowest BCUT2D eigenvalue weighted by molar-refractivity contribution is -0.135. The van der Waals surface area contributed by atoms with Crippen LogP contribution in [-0.4, -0.2) is 71.4 Å². The summed E-state index contributed by atoms with van der Waals surface area (Å²) in [4.78, 5) is 34.0. The second-order valence-corrected chi connectivity index (χ2v) is 8.90. The minimum atomic E-state index is -0.883. The fourth-order valence-electron chi connectivity index (χ4n) is 4.52. The van der Waals surface area contributed by atoms with Crippen molar-refractivity contribution in [2.45, 2.75) is 57.7 Å². The molecule has 0 bridgehead atoms. The number of amides is 2. The second kappa shape index (κ2) is 9.67. The van der Waals surface area contributed by atoms with Gasteiger partial charge in [-0.25, -0.2) is 0 Å². The van der Waals surface area contributed by atoms with Gasteiger partial charge in [-0.3, -0.25) is 24.4 Å².